The van der Waals surface area contributed by atoms with E-state index in [-0.39, 0.29) is 29.6 Å². The topological polar surface area (TPSA) is 60.2 Å². The Balaban J connectivity index is 0.00000169. The molecule has 0 aliphatic rings. The first-order chi connectivity index (χ1) is 6.06. The largest absolute Gasteiger partial charge is 0.329 e. The first-order valence-electron chi connectivity index (χ1n) is 3.74. The van der Waals surface area contributed by atoms with Crippen molar-refractivity contribution in [2.75, 3.05) is 12.3 Å². The third-order valence-corrected chi connectivity index (χ3v) is 3.32. The van der Waals surface area contributed by atoms with E-state index in [1.165, 1.54) is 12.1 Å². The number of benzene rings is 1. The van der Waals surface area contributed by atoms with E-state index in [1.807, 2.05) is 0 Å². The first-order valence-corrected chi connectivity index (χ1v) is 5.40. The molecule has 0 radical (unpaired) electrons. The van der Waals surface area contributed by atoms with Gasteiger partial charge >= 0.3 is 0 Å². The molecule has 0 amide bonds. The molecule has 0 saturated heterocycles. The smallest absolute Gasteiger partial charge is 0.179 e. The lowest BCUT2D eigenvalue weighted by molar-refractivity contribution is 0.594. The van der Waals surface area contributed by atoms with Gasteiger partial charge < -0.3 is 5.73 Å². The molecule has 0 aromatic heterocycles. The average molecular weight is 240 g/mol. The second kappa shape index (κ2) is 5.29. The van der Waals surface area contributed by atoms with Crippen molar-refractivity contribution in [2.24, 2.45) is 5.73 Å². The van der Waals surface area contributed by atoms with E-state index >= 15 is 0 Å². The molecule has 1 aromatic carbocycles. The highest BCUT2D eigenvalue weighted by Gasteiger charge is 2.12. The van der Waals surface area contributed by atoms with Crippen LogP contribution in [0.4, 0.5) is 4.39 Å². The van der Waals surface area contributed by atoms with Gasteiger partial charge in [0.2, 0.25) is 0 Å². The summed E-state index contributed by atoms with van der Waals surface area (Å²) in [5.41, 5.74) is 5.13. The molecular weight excluding hydrogens is 229 g/mol. The Morgan fingerprint density at radius 1 is 1.21 bits per heavy atom. The zero-order valence-electron chi connectivity index (χ0n) is 7.31. The van der Waals surface area contributed by atoms with E-state index < -0.39 is 15.7 Å². The summed E-state index contributed by atoms with van der Waals surface area (Å²) in [6.45, 7) is 0.0692. The third kappa shape index (κ3) is 3.25. The number of hydrogen-bond acceptors (Lipinski definition) is 3. The molecule has 0 bridgehead atoms. The maximum absolute atomic E-state index is 12.4. The fourth-order valence-electron chi connectivity index (χ4n) is 0.915. The maximum Gasteiger partial charge on any atom is 0.179 e. The van der Waals surface area contributed by atoms with Crippen LogP contribution in [-0.2, 0) is 9.84 Å². The Morgan fingerprint density at radius 3 is 2.14 bits per heavy atom. The number of rotatable bonds is 3. The Morgan fingerprint density at radius 2 is 1.71 bits per heavy atom. The van der Waals surface area contributed by atoms with Gasteiger partial charge in [-0.2, -0.15) is 0 Å². The van der Waals surface area contributed by atoms with Gasteiger partial charge in [0.25, 0.3) is 0 Å². The van der Waals surface area contributed by atoms with Crippen LogP contribution in [0.3, 0.4) is 0 Å². The van der Waals surface area contributed by atoms with Gasteiger partial charge in [-0.3, -0.25) is 0 Å². The lowest BCUT2D eigenvalue weighted by Gasteiger charge is -2.01. The molecule has 0 aliphatic carbocycles. The average Bonchev–Trinajstić information content (AvgIpc) is 2.05. The summed E-state index contributed by atoms with van der Waals surface area (Å²) in [4.78, 5) is 0.111. The van der Waals surface area contributed by atoms with Crippen LogP contribution in [0.1, 0.15) is 0 Å². The van der Waals surface area contributed by atoms with E-state index in [1.54, 1.807) is 0 Å². The summed E-state index contributed by atoms with van der Waals surface area (Å²) in [5.74, 6) is -0.565. The maximum atomic E-state index is 12.4. The lowest BCUT2D eigenvalue weighted by atomic mass is 10.4. The standard InChI is InChI=1S/C8H10FNO2S.ClH/c9-7-1-3-8(4-2-7)13(11,12)6-5-10;/h1-4H,5-6,10H2;1H. The van der Waals surface area contributed by atoms with Crippen molar-refractivity contribution in [3.63, 3.8) is 0 Å². The predicted octanol–water partition coefficient (Wildman–Crippen LogP) is 0.980. The van der Waals surface area contributed by atoms with Crippen molar-refractivity contribution in [3.8, 4) is 0 Å². The fourth-order valence-corrected chi connectivity index (χ4v) is 2.01. The first kappa shape index (κ1) is 13.4. The van der Waals surface area contributed by atoms with Crippen molar-refractivity contribution >= 4 is 22.2 Å². The van der Waals surface area contributed by atoms with Gasteiger partial charge in [-0.1, -0.05) is 0 Å². The van der Waals surface area contributed by atoms with E-state index in [0.717, 1.165) is 12.1 Å². The summed E-state index contributed by atoms with van der Waals surface area (Å²) >= 11 is 0. The molecule has 1 aromatic rings. The fraction of sp³-hybridized carbons (Fsp3) is 0.250. The zero-order valence-corrected chi connectivity index (χ0v) is 8.94. The van der Waals surface area contributed by atoms with E-state index in [0.29, 0.717) is 0 Å². The van der Waals surface area contributed by atoms with Crippen molar-refractivity contribution in [3.05, 3.63) is 30.1 Å². The Labute approximate surface area is 88.4 Å². The van der Waals surface area contributed by atoms with Gasteiger partial charge in [0.15, 0.2) is 9.84 Å². The molecule has 0 unspecified atom stereocenters. The zero-order chi connectivity index (χ0) is 9.90. The number of nitrogens with two attached hydrogens (primary N) is 1. The lowest BCUT2D eigenvalue weighted by Crippen LogP contribution is -2.15. The third-order valence-electron chi connectivity index (χ3n) is 1.56. The molecule has 0 saturated carbocycles. The molecule has 6 heteroatoms. The van der Waals surface area contributed by atoms with Gasteiger partial charge in [0, 0.05) is 6.54 Å². The van der Waals surface area contributed by atoms with E-state index in [9.17, 15) is 12.8 Å². The SMILES string of the molecule is Cl.NCCS(=O)(=O)c1ccc(F)cc1. The van der Waals surface area contributed by atoms with Gasteiger partial charge in [0.05, 0.1) is 10.6 Å². The van der Waals surface area contributed by atoms with Crippen molar-refractivity contribution < 1.29 is 12.8 Å². The quantitative estimate of drug-likeness (QED) is 0.800. The van der Waals surface area contributed by atoms with Crippen LogP contribution in [0.5, 0.6) is 0 Å². The molecule has 80 valence electrons. The molecule has 1 rings (SSSR count). The Hall–Kier alpha value is -0.650. The molecule has 0 aliphatic heterocycles. The van der Waals surface area contributed by atoms with Gasteiger partial charge in [-0.05, 0) is 24.3 Å². The van der Waals surface area contributed by atoms with E-state index in [2.05, 4.69) is 0 Å². The molecular formula is C8H11ClFNO2S. The summed E-state index contributed by atoms with van der Waals surface area (Å²) in [6.07, 6.45) is 0. The van der Waals surface area contributed by atoms with Crippen molar-refractivity contribution in [1.82, 2.24) is 0 Å². The number of sulfone groups is 1. The van der Waals surface area contributed by atoms with Crippen LogP contribution in [-0.4, -0.2) is 20.7 Å². The highest BCUT2D eigenvalue weighted by atomic mass is 35.5. The van der Waals surface area contributed by atoms with Crippen LogP contribution in [0.25, 0.3) is 0 Å². The number of hydrogen-bond donors (Lipinski definition) is 1. The molecule has 14 heavy (non-hydrogen) atoms. The molecule has 3 nitrogen and oxygen atoms in total. The van der Waals surface area contributed by atoms with Crippen LogP contribution in [0.2, 0.25) is 0 Å². The van der Waals surface area contributed by atoms with Gasteiger partial charge in [-0.15, -0.1) is 12.4 Å². The van der Waals surface area contributed by atoms with Crippen molar-refractivity contribution in [1.29, 1.82) is 0 Å². The minimum absolute atomic E-state index is 0. The molecule has 0 spiro atoms. The predicted molar refractivity (Wildman–Crippen MR) is 54.8 cm³/mol. The summed E-state index contributed by atoms with van der Waals surface area (Å²) < 4.78 is 35.1. The molecule has 2 N–H and O–H groups in total. The Bertz CT molecular complexity index is 377. The molecule has 0 fully saturated rings. The van der Waals surface area contributed by atoms with E-state index in [4.69, 9.17) is 5.73 Å². The summed E-state index contributed by atoms with van der Waals surface area (Å²) in [6, 6.07) is 4.70. The molecule has 0 atom stereocenters. The summed E-state index contributed by atoms with van der Waals surface area (Å²) in [5, 5.41) is 0. The van der Waals surface area contributed by atoms with Gasteiger partial charge in [0.1, 0.15) is 5.82 Å². The summed E-state index contributed by atoms with van der Waals surface area (Å²) in [7, 11) is -3.32. The minimum atomic E-state index is -3.32. The second-order valence-corrected chi connectivity index (χ2v) is 4.67. The highest BCUT2D eigenvalue weighted by molar-refractivity contribution is 7.91. The second-order valence-electron chi connectivity index (χ2n) is 2.56. The van der Waals surface area contributed by atoms with Crippen LogP contribution >= 0.6 is 12.4 Å². The monoisotopic (exact) mass is 239 g/mol. The number of halogens is 2. The highest BCUT2D eigenvalue weighted by Crippen LogP contribution is 2.10. The normalized spacial score (nSPS) is 10.7. The van der Waals surface area contributed by atoms with Crippen LogP contribution in [0.15, 0.2) is 29.2 Å². The Kier molecular flexibility index (Phi) is 5.04. The van der Waals surface area contributed by atoms with Crippen LogP contribution < -0.4 is 5.73 Å². The minimum Gasteiger partial charge on any atom is -0.329 e. The molecule has 0 heterocycles. The van der Waals surface area contributed by atoms with Gasteiger partial charge in [-0.25, -0.2) is 12.8 Å². The van der Waals surface area contributed by atoms with Crippen LogP contribution in [0, 0.1) is 5.82 Å². The van der Waals surface area contributed by atoms with Crippen molar-refractivity contribution in [2.45, 2.75) is 4.90 Å².